The number of hydrogen-bond acceptors (Lipinski definition) is 4. The number of hydrogen-bond donors (Lipinski definition) is 0. The third kappa shape index (κ3) is 4.03. The smallest absolute Gasteiger partial charge is 0.306 e. The Kier molecular flexibility index (Phi) is 5.62. The van der Waals surface area contributed by atoms with Crippen molar-refractivity contribution in [2.45, 2.75) is 71.8 Å². The zero-order chi connectivity index (χ0) is 20.8. The summed E-state index contributed by atoms with van der Waals surface area (Å²) in [6.07, 6.45) is 8.13. The van der Waals surface area contributed by atoms with Crippen molar-refractivity contribution < 1.29 is 19.1 Å². The van der Waals surface area contributed by atoms with Crippen LogP contribution in [0.5, 0.6) is 0 Å². The van der Waals surface area contributed by atoms with Crippen molar-refractivity contribution in [1.82, 2.24) is 4.57 Å². The van der Waals surface area contributed by atoms with Crippen LogP contribution < -0.4 is 0 Å². The average molecular weight is 402 g/mol. The molecule has 5 rings (SSSR count). The summed E-state index contributed by atoms with van der Waals surface area (Å²) < 4.78 is 12.9. The topological polar surface area (TPSA) is 57.5 Å². The Hall–Kier alpha value is -1.62. The van der Waals surface area contributed by atoms with Crippen LogP contribution in [-0.2, 0) is 14.3 Å². The molecule has 4 aliphatic rings. The first-order valence-corrected chi connectivity index (χ1v) is 11.2. The highest BCUT2D eigenvalue weighted by Gasteiger charge is 2.51. The maximum absolute atomic E-state index is 12.8. The van der Waals surface area contributed by atoms with Gasteiger partial charge in [0.05, 0.1) is 19.1 Å². The van der Waals surface area contributed by atoms with Gasteiger partial charge in [0.15, 0.2) is 6.61 Å². The number of rotatable bonds is 8. The van der Waals surface area contributed by atoms with Gasteiger partial charge in [-0.05, 0) is 88.5 Å². The molecule has 1 aromatic heterocycles. The first kappa shape index (κ1) is 20.6. The SMILES string of the molecule is COC[C@@H](C)n1c(C)cc(C(=O)COC(=O)CC23CC4CC(CC(C4)C2)C3)c1C. The number of carbonyl (C=O) groups is 2. The molecule has 0 aliphatic heterocycles. The van der Waals surface area contributed by atoms with Gasteiger partial charge in [-0.3, -0.25) is 9.59 Å². The van der Waals surface area contributed by atoms with Crippen molar-refractivity contribution >= 4 is 11.8 Å². The Morgan fingerprint density at radius 3 is 2.28 bits per heavy atom. The molecular formula is C24H35NO4. The van der Waals surface area contributed by atoms with E-state index in [-0.39, 0.29) is 29.8 Å². The average Bonchev–Trinajstić information content (AvgIpc) is 2.92. The highest BCUT2D eigenvalue weighted by molar-refractivity contribution is 5.99. The van der Waals surface area contributed by atoms with E-state index < -0.39 is 0 Å². The van der Waals surface area contributed by atoms with Crippen molar-refractivity contribution in [2.75, 3.05) is 20.3 Å². The molecule has 4 fully saturated rings. The molecule has 4 aliphatic carbocycles. The van der Waals surface area contributed by atoms with Crippen LogP contribution >= 0.6 is 0 Å². The van der Waals surface area contributed by atoms with Gasteiger partial charge in [-0.2, -0.15) is 0 Å². The molecule has 0 amide bonds. The number of methoxy groups -OCH3 is 1. The molecule has 1 atom stereocenters. The van der Waals surface area contributed by atoms with Gasteiger partial charge in [0.2, 0.25) is 5.78 Å². The van der Waals surface area contributed by atoms with Gasteiger partial charge in [-0.1, -0.05) is 0 Å². The molecule has 5 nitrogen and oxygen atoms in total. The fourth-order valence-corrected chi connectivity index (χ4v) is 7.14. The quantitative estimate of drug-likeness (QED) is 0.470. The first-order chi connectivity index (χ1) is 13.8. The number of esters is 1. The summed E-state index contributed by atoms with van der Waals surface area (Å²) in [5.74, 6) is 2.13. The molecule has 5 heteroatoms. The monoisotopic (exact) mass is 401 g/mol. The van der Waals surface area contributed by atoms with Crippen LogP contribution in [0.3, 0.4) is 0 Å². The van der Waals surface area contributed by atoms with Crippen LogP contribution in [0.2, 0.25) is 0 Å². The van der Waals surface area contributed by atoms with Gasteiger partial charge < -0.3 is 14.0 Å². The van der Waals surface area contributed by atoms with E-state index in [1.807, 2.05) is 19.9 Å². The van der Waals surface area contributed by atoms with E-state index in [0.29, 0.717) is 18.6 Å². The second-order valence-electron chi connectivity index (χ2n) is 10.1. The minimum absolute atomic E-state index is 0.118. The molecule has 0 radical (unpaired) electrons. The lowest BCUT2D eigenvalue weighted by atomic mass is 9.49. The van der Waals surface area contributed by atoms with E-state index >= 15 is 0 Å². The number of ether oxygens (including phenoxy) is 2. The van der Waals surface area contributed by atoms with E-state index in [9.17, 15) is 9.59 Å². The second kappa shape index (κ2) is 7.90. The third-order valence-electron chi connectivity index (χ3n) is 7.68. The summed E-state index contributed by atoms with van der Waals surface area (Å²) in [5, 5.41) is 0. The Balaban J connectivity index is 1.35. The Morgan fingerprint density at radius 1 is 1.14 bits per heavy atom. The van der Waals surface area contributed by atoms with E-state index in [0.717, 1.165) is 29.1 Å². The number of aromatic nitrogens is 1. The fourth-order valence-electron chi connectivity index (χ4n) is 7.14. The lowest BCUT2D eigenvalue weighted by Gasteiger charge is -2.56. The normalized spacial score (nSPS) is 31.1. The largest absolute Gasteiger partial charge is 0.457 e. The summed E-state index contributed by atoms with van der Waals surface area (Å²) in [6.45, 7) is 6.44. The van der Waals surface area contributed by atoms with Crippen molar-refractivity contribution in [2.24, 2.45) is 23.2 Å². The van der Waals surface area contributed by atoms with Crippen LogP contribution in [0, 0.1) is 37.0 Å². The lowest BCUT2D eigenvalue weighted by Crippen LogP contribution is -2.47. The first-order valence-electron chi connectivity index (χ1n) is 11.2. The van der Waals surface area contributed by atoms with Crippen LogP contribution in [0.15, 0.2) is 6.07 Å². The van der Waals surface area contributed by atoms with Crippen LogP contribution in [0.25, 0.3) is 0 Å². The lowest BCUT2D eigenvalue weighted by molar-refractivity contribution is -0.150. The highest BCUT2D eigenvalue weighted by atomic mass is 16.5. The molecule has 0 spiro atoms. The number of carbonyl (C=O) groups excluding carboxylic acids is 2. The molecule has 0 aromatic carbocycles. The van der Waals surface area contributed by atoms with Crippen molar-refractivity contribution in [3.63, 3.8) is 0 Å². The van der Waals surface area contributed by atoms with Gasteiger partial charge in [0, 0.05) is 24.1 Å². The predicted molar refractivity (Wildman–Crippen MR) is 111 cm³/mol. The van der Waals surface area contributed by atoms with Crippen LogP contribution in [0.4, 0.5) is 0 Å². The predicted octanol–water partition coefficient (Wildman–Crippen LogP) is 4.64. The summed E-state index contributed by atoms with van der Waals surface area (Å²) in [6, 6.07) is 2.05. The molecule has 0 unspecified atom stereocenters. The molecule has 1 heterocycles. The summed E-state index contributed by atoms with van der Waals surface area (Å²) >= 11 is 0. The van der Waals surface area contributed by atoms with Crippen molar-refractivity contribution in [3.05, 3.63) is 23.0 Å². The zero-order valence-electron chi connectivity index (χ0n) is 18.3. The van der Waals surface area contributed by atoms with Crippen molar-refractivity contribution in [3.8, 4) is 0 Å². The molecule has 29 heavy (non-hydrogen) atoms. The number of aryl methyl sites for hydroxylation is 1. The minimum atomic E-state index is -0.193. The maximum Gasteiger partial charge on any atom is 0.306 e. The molecule has 4 saturated carbocycles. The van der Waals surface area contributed by atoms with E-state index in [1.54, 1.807) is 7.11 Å². The maximum atomic E-state index is 12.8. The van der Waals surface area contributed by atoms with Gasteiger partial charge in [-0.25, -0.2) is 0 Å². The van der Waals surface area contributed by atoms with Gasteiger partial charge in [0.1, 0.15) is 0 Å². The Morgan fingerprint density at radius 2 is 1.72 bits per heavy atom. The number of ketones is 1. The van der Waals surface area contributed by atoms with Crippen LogP contribution in [-0.4, -0.2) is 36.6 Å². The van der Waals surface area contributed by atoms with E-state index in [2.05, 4.69) is 11.5 Å². The van der Waals surface area contributed by atoms with Gasteiger partial charge in [-0.15, -0.1) is 0 Å². The molecule has 4 bridgehead atoms. The molecule has 1 aromatic rings. The Bertz CT molecular complexity index is 758. The number of nitrogens with zero attached hydrogens (tertiary/aromatic N) is 1. The molecular weight excluding hydrogens is 366 g/mol. The molecule has 0 N–H and O–H groups in total. The Labute approximate surface area is 174 Å². The van der Waals surface area contributed by atoms with Gasteiger partial charge in [0.25, 0.3) is 0 Å². The zero-order valence-corrected chi connectivity index (χ0v) is 18.3. The number of Topliss-reactive ketones (excluding diaryl/α,β-unsaturated/α-hetero) is 1. The fraction of sp³-hybridized carbons (Fsp3) is 0.750. The minimum Gasteiger partial charge on any atom is -0.457 e. The second-order valence-corrected chi connectivity index (χ2v) is 10.1. The van der Waals surface area contributed by atoms with E-state index in [1.165, 1.54) is 38.5 Å². The van der Waals surface area contributed by atoms with E-state index in [4.69, 9.17) is 9.47 Å². The van der Waals surface area contributed by atoms with Gasteiger partial charge >= 0.3 is 5.97 Å². The standard InChI is InChI=1S/C24H35NO4/c1-15-5-21(17(3)25(15)16(2)13-28-4)22(26)14-29-23(27)12-24-9-18-6-19(10-24)8-20(7-18)11-24/h5,16,18-20H,6-14H2,1-4H3/t16-,18?,19?,20?,24?/m1/s1. The highest BCUT2D eigenvalue weighted by Crippen LogP contribution is 2.61. The molecule has 160 valence electrons. The van der Waals surface area contributed by atoms with Crippen LogP contribution in [0.1, 0.15) is 79.7 Å². The summed E-state index contributed by atoms with van der Waals surface area (Å²) in [7, 11) is 1.68. The van der Waals surface area contributed by atoms with Crippen molar-refractivity contribution in [1.29, 1.82) is 0 Å². The summed E-state index contributed by atoms with van der Waals surface area (Å²) in [5.41, 5.74) is 2.73. The summed E-state index contributed by atoms with van der Waals surface area (Å²) in [4.78, 5) is 25.4. The molecule has 0 saturated heterocycles. The third-order valence-corrected chi connectivity index (χ3v) is 7.68.